The van der Waals surface area contributed by atoms with Gasteiger partial charge in [0.25, 0.3) is 11.6 Å². The lowest BCUT2D eigenvalue weighted by molar-refractivity contribution is -0.385. The van der Waals surface area contributed by atoms with Gasteiger partial charge in [0, 0.05) is 18.7 Å². The summed E-state index contributed by atoms with van der Waals surface area (Å²) in [6, 6.07) is 1.84. The van der Waals surface area contributed by atoms with E-state index < -0.39 is 22.3 Å². The van der Waals surface area contributed by atoms with Crippen molar-refractivity contribution >= 4 is 11.6 Å². The van der Waals surface area contributed by atoms with Gasteiger partial charge in [-0.15, -0.1) is 0 Å². The Bertz CT molecular complexity index is 505. The first-order valence-electron chi connectivity index (χ1n) is 5.70. The lowest BCUT2D eigenvalue weighted by Crippen LogP contribution is -2.30. The van der Waals surface area contributed by atoms with E-state index in [0.29, 0.717) is 0 Å². The Hall–Kier alpha value is -2.02. The standard InChI is InChI=1S/C12H15FN2O4/c1-7(6-16)5-14-12(17)10-4-9(13)3-8(2)11(10)15(18)19/h3-4,7,16H,5-6H2,1-2H3,(H,14,17). The van der Waals surface area contributed by atoms with Crippen LogP contribution in [0.1, 0.15) is 22.8 Å². The van der Waals surface area contributed by atoms with Crippen molar-refractivity contribution in [2.45, 2.75) is 13.8 Å². The molecule has 1 rings (SSSR count). The average Bonchev–Trinajstić information content (AvgIpc) is 2.33. The monoisotopic (exact) mass is 270 g/mol. The number of aliphatic hydroxyl groups excluding tert-OH is 1. The molecule has 19 heavy (non-hydrogen) atoms. The van der Waals surface area contributed by atoms with Crippen LogP contribution >= 0.6 is 0 Å². The van der Waals surface area contributed by atoms with E-state index in [4.69, 9.17) is 5.11 Å². The van der Waals surface area contributed by atoms with E-state index in [0.717, 1.165) is 12.1 Å². The minimum atomic E-state index is -0.727. The topological polar surface area (TPSA) is 92.5 Å². The predicted molar refractivity (Wildman–Crippen MR) is 66.4 cm³/mol. The number of nitro benzene ring substituents is 1. The van der Waals surface area contributed by atoms with Crippen molar-refractivity contribution < 1.29 is 19.2 Å². The first-order chi connectivity index (χ1) is 8.86. The fraction of sp³-hybridized carbons (Fsp3) is 0.417. The molecular formula is C12H15FN2O4. The number of carbonyl (C=O) groups is 1. The number of aliphatic hydroxyl groups is 1. The normalized spacial score (nSPS) is 12.0. The van der Waals surface area contributed by atoms with E-state index in [1.807, 2.05) is 0 Å². The molecule has 0 radical (unpaired) electrons. The second-order valence-corrected chi connectivity index (χ2v) is 4.37. The molecule has 1 unspecified atom stereocenters. The van der Waals surface area contributed by atoms with E-state index in [9.17, 15) is 19.3 Å². The number of hydrogen-bond acceptors (Lipinski definition) is 4. The third-order valence-corrected chi connectivity index (χ3v) is 2.62. The highest BCUT2D eigenvalue weighted by Gasteiger charge is 2.24. The molecule has 1 amide bonds. The molecule has 0 aromatic heterocycles. The van der Waals surface area contributed by atoms with Crippen LogP contribution in [0.5, 0.6) is 0 Å². The van der Waals surface area contributed by atoms with Gasteiger partial charge in [0.1, 0.15) is 11.4 Å². The zero-order chi connectivity index (χ0) is 14.6. The van der Waals surface area contributed by atoms with E-state index in [1.54, 1.807) is 6.92 Å². The lowest BCUT2D eigenvalue weighted by atomic mass is 10.1. The Balaban J connectivity index is 3.05. The number of nitrogens with zero attached hydrogens (tertiary/aromatic N) is 1. The molecule has 1 aromatic rings. The van der Waals surface area contributed by atoms with Crippen LogP contribution in [0.3, 0.4) is 0 Å². The summed E-state index contributed by atoms with van der Waals surface area (Å²) < 4.78 is 13.3. The number of amides is 1. The maximum Gasteiger partial charge on any atom is 0.285 e. The highest BCUT2D eigenvalue weighted by molar-refractivity contribution is 5.98. The van der Waals surface area contributed by atoms with Crippen molar-refractivity contribution in [3.63, 3.8) is 0 Å². The molecule has 0 aliphatic carbocycles. The van der Waals surface area contributed by atoms with E-state index in [1.165, 1.54) is 6.92 Å². The molecule has 0 spiro atoms. The molecule has 0 saturated heterocycles. The number of halogens is 1. The van der Waals surface area contributed by atoms with Crippen LogP contribution in [0.25, 0.3) is 0 Å². The van der Waals surface area contributed by atoms with Crippen molar-refractivity contribution in [3.05, 3.63) is 39.2 Å². The third kappa shape index (κ3) is 3.72. The lowest BCUT2D eigenvalue weighted by Gasteiger charge is -2.10. The molecule has 2 N–H and O–H groups in total. The summed E-state index contributed by atoms with van der Waals surface area (Å²) in [5.74, 6) is -1.62. The maximum absolute atomic E-state index is 13.3. The van der Waals surface area contributed by atoms with Crippen molar-refractivity contribution in [1.82, 2.24) is 5.32 Å². The summed E-state index contributed by atoms with van der Waals surface area (Å²) in [4.78, 5) is 22.0. The van der Waals surface area contributed by atoms with Crippen LogP contribution in [0, 0.1) is 28.8 Å². The Morgan fingerprint density at radius 3 is 2.74 bits per heavy atom. The van der Waals surface area contributed by atoms with Gasteiger partial charge in [-0.1, -0.05) is 6.92 Å². The molecule has 1 atom stereocenters. The number of nitro groups is 1. The number of benzene rings is 1. The van der Waals surface area contributed by atoms with Crippen LogP contribution in [0.4, 0.5) is 10.1 Å². The number of rotatable bonds is 5. The van der Waals surface area contributed by atoms with E-state index in [2.05, 4.69) is 5.32 Å². The molecule has 0 bridgehead atoms. The largest absolute Gasteiger partial charge is 0.396 e. The van der Waals surface area contributed by atoms with Crippen LogP contribution < -0.4 is 5.32 Å². The number of hydrogen-bond donors (Lipinski definition) is 2. The van der Waals surface area contributed by atoms with Crippen molar-refractivity contribution in [2.75, 3.05) is 13.2 Å². The van der Waals surface area contributed by atoms with Gasteiger partial charge >= 0.3 is 0 Å². The molecule has 7 heteroatoms. The van der Waals surface area contributed by atoms with Gasteiger partial charge in [-0.25, -0.2) is 4.39 Å². The Morgan fingerprint density at radius 2 is 2.21 bits per heavy atom. The first kappa shape index (κ1) is 15.0. The van der Waals surface area contributed by atoms with Gasteiger partial charge in [0.15, 0.2) is 0 Å². The van der Waals surface area contributed by atoms with Gasteiger partial charge in [0.05, 0.1) is 4.92 Å². The number of aryl methyl sites for hydroxylation is 1. The van der Waals surface area contributed by atoms with E-state index in [-0.39, 0.29) is 30.2 Å². The smallest absolute Gasteiger partial charge is 0.285 e. The van der Waals surface area contributed by atoms with Gasteiger partial charge in [0.2, 0.25) is 0 Å². The highest BCUT2D eigenvalue weighted by Crippen LogP contribution is 2.24. The summed E-state index contributed by atoms with van der Waals surface area (Å²) in [5.41, 5.74) is -0.631. The fourth-order valence-electron chi connectivity index (χ4n) is 1.58. The third-order valence-electron chi connectivity index (χ3n) is 2.62. The Kier molecular flexibility index (Phi) is 4.94. The van der Waals surface area contributed by atoms with Gasteiger partial charge in [-0.05, 0) is 25.0 Å². The SMILES string of the molecule is Cc1cc(F)cc(C(=O)NCC(C)CO)c1[N+](=O)[O-]. The zero-order valence-electron chi connectivity index (χ0n) is 10.6. The minimum absolute atomic E-state index is 0.0883. The molecule has 6 nitrogen and oxygen atoms in total. The molecule has 104 valence electrons. The molecule has 0 aliphatic heterocycles. The molecule has 0 heterocycles. The predicted octanol–water partition coefficient (Wildman–Crippen LogP) is 1.40. The molecule has 0 saturated carbocycles. The molecule has 0 aliphatic rings. The second-order valence-electron chi connectivity index (χ2n) is 4.37. The summed E-state index contributed by atoms with van der Waals surface area (Å²) in [7, 11) is 0. The second kappa shape index (κ2) is 6.24. The minimum Gasteiger partial charge on any atom is -0.396 e. The van der Waals surface area contributed by atoms with Crippen LogP contribution in [-0.2, 0) is 0 Å². The summed E-state index contributed by atoms with van der Waals surface area (Å²) in [6.07, 6.45) is 0. The van der Waals surface area contributed by atoms with Crippen LogP contribution in [0.15, 0.2) is 12.1 Å². The average molecular weight is 270 g/mol. The van der Waals surface area contributed by atoms with Gasteiger partial charge in [-0.2, -0.15) is 0 Å². The van der Waals surface area contributed by atoms with Crippen molar-refractivity contribution in [3.8, 4) is 0 Å². The van der Waals surface area contributed by atoms with Crippen molar-refractivity contribution in [2.24, 2.45) is 5.92 Å². The Labute approximate surface area is 109 Å². The molecule has 1 aromatic carbocycles. The summed E-state index contributed by atoms with van der Waals surface area (Å²) >= 11 is 0. The highest BCUT2D eigenvalue weighted by atomic mass is 19.1. The molecular weight excluding hydrogens is 255 g/mol. The summed E-state index contributed by atoms with van der Waals surface area (Å²) in [5, 5.41) is 22.2. The molecule has 0 fully saturated rings. The summed E-state index contributed by atoms with van der Waals surface area (Å²) in [6.45, 7) is 3.10. The number of carbonyl (C=O) groups excluding carboxylic acids is 1. The Morgan fingerprint density at radius 1 is 1.58 bits per heavy atom. The first-order valence-corrected chi connectivity index (χ1v) is 5.70. The number of nitrogens with one attached hydrogen (secondary N) is 1. The fourth-order valence-corrected chi connectivity index (χ4v) is 1.58. The van der Waals surface area contributed by atoms with Gasteiger partial charge < -0.3 is 10.4 Å². The van der Waals surface area contributed by atoms with Gasteiger partial charge in [-0.3, -0.25) is 14.9 Å². The van der Waals surface area contributed by atoms with E-state index >= 15 is 0 Å². The maximum atomic E-state index is 13.3. The van der Waals surface area contributed by atoms with Crippen molar-refractivity contribution in [1.29, 1.82) is 0 Å². The van der Waals surface area contributed by atoms with Crippen LogP contribution in [-0.4, -0.2) is 29.1 Å². The van der Waals surface area contributed by atoms with Crippen LogP contribution in [0.2, 0.25) is 0 Å². The quantitative estimate of drug-likeness (QED) is 0.624. The zero-order valence-corrected chi connectivity index (χ0v) is 10.6.